The van der Waals surface area contributed by atoms with E-state index in [1.807, 2.05) is 0 Å². The largest absolute Gasteiger partial charge is 0.416 e. The van der Waals surface area contributed by atoms with Crippen LogP contribution >= 0.6 is 0 Å². The van der Waals surface area contributed by atoms with E-state index in [0.717, 1.165) is 12.1 Å². The highest BCUT2D eigenvalue weighted by molar-refractivity contribution is 6.14. The monoisotopic (exact) mass is 302 g/mol. The molecule has 0 aliphatic rings. The molecule has 6 heteroatoms. The number of pyridine rings is 2. The van der Waals surface area contributed by atoms with Gasteiger partial charge in [0.2, 0.25) is 5.78 Å². The number of ketones is 1. The Bertz CT molecular complexity index is 845. The SMILES string of the molecule is O=C(c1ccccn1)c1ccnc2cc(C(F)(F)F)ccc12. The topological polar surface area (TPSA) is 42.9 Å². The van der Waals surface area contributed by atoms with Crippen molar-refractivity contribution in [2.45, 2.75) is 6.18 Å². The van der Waals surface area contributed by atoms with Gasteiger partial charge in [0, 0.05) is 23.3 Å². The third-order valence-electron chi connectivity index (χ3n) is 3.21. The van der Waals surface area contributed by atoms with Gasteiger partial charge in [0.25, 0.3) is 0 Å². The smallest absolute Gasteiger partial charge is 0.287 e. The molecule has 2 aromatic heterocycles. The molecular weight excluding hydrogens is 293 g/mol. The molecule has 1 aromatic carbocycles. The quantitative estimate of drug-likeness (QED) is 0.675. The van der Waals surface area contributed by atoms with Crippen LogP contribution in [0.2, 0.25) is 0 Å². The van der Waals surface area contributed by atoms with Crippen molar-refractivity contribution in [3.8, 4) is 0 Å². The van der Waals surface area contributed by atoms with Crippen LogP contribution in [0.25, 0.3) is 10.9 Å². The number of rotatable bonds is 2. The van der Waals surface area contributed by atoms with Gasteiger partial charge in [-0.05, 0) is 30.3 Å². The highest BCUT2D eigenvalue weighted by Gasteiger charge is 2.30. The lowest BCUT2D eigenvalue weighted by atomic mass is 10.0. The first-order valence-electron chi connectivity index (χ1n) is 6.38. The van der Waals surface area contributed by atoms with Crippen molar-refractivity contribution in [1.29, 1.82) is 0 Å². The fourth-order valence-corrected chi connectivity index (χ4v) is 2.16. The molecule has 0 aliphatic carbocycles. The fourth-order valence-electron chi connectivity index (χ4n) is 2.16. The highest BCUT2D eigenvalue weighted by Crippen LogP contribution is 2.31. The Labute approximate surface area is 123 Å². The van der Waals surface area contributed by atoms with Crippen LogP contribution in [-0.2, 0) is 6.18 Å². The zero-order chi connectivity index (χ0) is 15.7. The molecule has 0 radical (unpaired) electrons. The molecule has 3 aromatic rings. The molecule has 0 N–H and O–H groups in total. The Morgan fingerprint density at radius 3 is 2.45 bits per heavy atom. The van der Waals surface area contributed by atoms with E-state index in [0.29, 0.717) is 5.39 Å². The van der Waals surface area contributed by atoms with Gasteiger partial charge in [-0.25, -0.2) is 0 Å². The van der Waals surface area contributed by atoms with Crippen LogP contribution in [0.5, 0.6) is 0 Å². The van der Waals surface area contributed by atoms with Gasteiger partial charge in [0.1, 0.15) is 5.69 Å². The second-order valence-corrected chi connectivity index (χ2v) is 4.63. The molecule has 0 unspecified atom stereocenters. The number of carbonyl (C=O) groups excluding carboxylic acids is 1. The zero-order valence-corrected chi connectivity index (χ0v) is 11.1. The van der Waals surface area contributed by atoms with Gasteiger partial charge in [-0.2, -0.15) is 13.2 Å². The summed E-state index contributed by atoms with van der Waals surface area (Å²) in [6, 6.07) is 9.53. The Morgan fingerprint density at radius 1 is 0.955 bits per heavy atom. The Hall–Kier alpha value is -2.76. The average Bonchev–Trinajstić information content (AvgIpc) is 2.53. The average molecular weight is 302 g/mol. The minimum absolute atomic E-state index is 0.122. The molecular formula is C16H9F3N2O. The summed E-state index contributed by atoms with van der Waals surface area (Å²) >= 11 is 0. The number of benzene rings is 1. The first kappa shape index (κ1) is 14.2. The van der Waals surface area contributed by atoms with Crippen molar-refractivity contribution in [1.82, 2.24) is 9.97 Å². The lowest BCUT2D eigenvalue weighted by Gasteiger charge is -2.09. The molecule has 110 valence electrons. The second kappa shape index (κ2) is 5.22. The van der Waals surface area contributed by atoms with Crippen LogP contribution in [0.1, 0.15) is 21.6 Å². The van der Waals surface area contributed by atoms with Gasteiger partial charge < -0.3 is 0 Å². The maximum absolute atomic E-state index is 12.7. The van der Waals surface area contributed by atoms with E-state index in [-0.39, 0.29) is 22.6 Å². The van der Waals surface area contributed by atoms with E-state index < -0.39 is 11.7 Å². The van der Waals surface area contributed by atoms with Crippen LogP contribution in [0.15, 0.2) is 54.9 Å². The zero-order valence-electron chi connectivity index (χ0n) is 11.1. The summed E-state index contributed by atoms with van der Waals surface area (Å²) in [5.74, 6) is -0.354. The van der Waals surface area contributed by atoms with Gasteiger partial charge >= 0.3 is 6.18 Å². The predicted molar refractivity (Wildman–Crippen MR) is 74.4 cm³/mol. The lowest BCUT2D eigenvalue weighted by Crippen LogP contribution is -2.07. The van der Waals surface area contributed by atoms with E-state index in [1.54, 1.807) is 18.2 Å². The van der Waals surface area contributed by atoms with Gasteiger partial charge in [-0.1, -0.05) is 12.1 Å². The van der Waals surface area contributed by atoms with Gasteiger partial charge in [0.15, 0.2) is 0 Å². The first-order chi connectivity index (χ1) is 10.5. The summed E-state index contributed by atoms with van der Waals surface area (Å²) in [6.45, 7) is 0. The maximum atomic E-state index is 12.7. The number of fused-ring (bicyclic) bond motifs is 1. The Morgan fingerprint density at radius 2 is 1.77 bits per heavy atom. The first-order valence-corrected chi connectivity index (χ1v) is 6.38. The predicted octanol–water partition coefficient (Wildman–Crippen LogP) is 3.88. The molecule has 2 heterocycles. The number of carbonyl (C=O) groups is 1. The third-order valence-corrected chi connectivity index (χ3v) is 3.21. The van der Waals surface area contributed by atoms with Crippen LogP contribution in [0.3, 0.4) is 0 Å². The van der Waals surface area contributed by atoms with E-state index in [9.17, 15) is 18.0 Å². The molecule has 3 rings (SSSR count). The van der Waals surface area contributed by atoms with Gasteiger partial charge in [-0.3, -0.25) is 14.8 Å². The van der Waals surface area contributed by atoms with Crippen molar-refractivity contribution < 1.29 is 18.0 Å². The summed E-state index contributed by atoms with van der Waals surface area (Å²) in [5.41, 5.74) is -0.168. The molecule has 0 atom stereocenters. The summed E-state index contributed by atoms with van der Waals surface area (Å²) in [7, 11) is 0. The third kappa shape index (κ3) is 2.55. The lowest BCUT2D eigenvalue weighted by molar-refractivity contribution is -0.137. The number of halogens is 3. The van der Waals surface area contributed by atoms with Gasteiger partial charge in [-0.15, -0.1) is 0 Å². The maximum Gasteiger partial charge on any atom is 0.416 e. The van der Waals surface area contributed by atoms with E-state index in [2.05, 4.69) is 9.97 Å². The molecule has 22 heavy (non-hydrogen) atoms. The van der Waals surface area contributed by atoms with Crippen LogP contribution in [0.4, 0.5) is 13.2 Å². The fraction of sp³-hybridized carbons (Fsp3) is 0.0625. The van der Waals surface area contributed by atoms with Crippen LogP contribution < -0.4 is 0 Å². The number of aromatic nitrogens is 2. The molecule has 0 aliphatic heterocycles. The number of nitrogens with zero attached hydrogens (tertiary/aromatic N) is 2. The summed E-state index contributed by atoms with van der Waals surface area (Å²) in [4.78, 5) is 20.3. The van der Waals surface area contributed by atoms with E-state index >= 15 is 0 Å². The van der Waals surface area contributed by atoms with Crippen molar-refractivity contribution in [2.24, 2.45) is 0 Å². The summed E-state index contributed by atoms with van der Waals surface area (Å²) in [5, 5.41) is 0.367. The van der Waals surface area contributed by atoms with E-state index in [4.69, 9.17) is 0 Å². The van der Waals surface area contributed by atoms with E-state index in [1.165, 1.54) is 24.5 Å². The van der Waals surface area contributed by atoms with Crippen molar-refractivity contribution in [2.75, 3.05) is 0 Å². The summed E-state index contributed by atoms with van der Waals surface area (Å²) < 4.78 is 38.2. The number of hydrogen-bond donors (Lipinski definition) is 0. The summed E-state index contributed by atoms with van der Waals surface area (Å²) in [6.07, 6.45) is -1.64. The minimum atomic E-state index is -4.45. The van der Waals surface area contributed by atoms with Crippen molar-refractivity contribution >= 4 is 16.7 Å². The normalized spacial score (nSPS) is 11.6. The van der Waals surface area contributed by atoms with Crippen LogP contribution in [0, 0.1) is 0 Å². The molecule has 0 saturated heterocycles. The Kier molecular flexibility index (Phi) is 3.36. The molecule has 0 bridgehead atoms. The molecule has 3 nitrogen and oxygen atoms in total. The number of alkyl halides is 3. The van der Waals surface area contributed by atoms with Gasteiger partial charge in [0.05, 0.1) is 11.1 Å². The van der Waals surface area contributed by atoms with Crippen molar-refractivity contribution in [3.63, 3.8) is 0 Å². The molecule has 0 spiro atoms. The molecule has 0 amide bonds. The highest BCUT2D eigenvalue weighted by atomic mass is 19.4. The Balaban J connectivity index is 2.14. The standard InChI is InChI=1S/C16H9F3N2O/c17-16(18,19)10-4-5-11-12(6-8-21-14(11)9-10)15(22)13-3-1-2-7-20-13/h1-9H. The number of hydrogen-bond acceptors (Lipinski definition) is 3. The minimum Gasteiger partial charge on any atom is -0.287 e. The molecule has 0 fully saturated rings. The second-order valence-electron chi connectivity index (χ2n) is 4.63. The molecule has 0 saturated carbocycles. The van der Waals surface area contributed by atoms with Crippen LogP contribution in [-0.4, -0.2) is 15.8 Å². The van der Waals surface area contributed by atoms with Crippen molar-refractivity contribution in [3.05, 3.63) is 71.7 Å².